The number of aryl methyl sites for hydroxylation is 1. The van der Waals surface area contributed by atoms with Crippen LogP contribution in [0.3, 0.4) is 0 Å². The molecule has 6 heteroatoms. The topological polar surface area (TPSA) is 60.9 Å². The number of likely N-dealkylation sites (N-methyl/N-ethyl adjacent to an activating group) is 2. The number of hydrogen-bond acceptors (Lipinski definition) is 3. The van der Waals surface area contributed by atoms with Crippen LogP contribution < -0.4 is 0 Å². The van der Waals surface area contributed by atoms with Gasteiger partial charge in [0.15, 0.2) is 0 Å². The van der Waals surface area contributed by atoms with Gasteiger partial charge in [-0.25, -0.2) is 0 Å². The summed E-state index contributed by atoms with van der Waals surface area (Å²) in [6, 6.07) is 7.49. The van der Waals surface area contributed by atoms with Crippen LogP contribution in [0.4, 0.5) is 0 Å². The van der Waals surface area contributed by atoms with Gasteiger partial charge in [-0.3, -0.25) is 14.5 Å². The third-order valence-electron chi connectivity index (χ3n) is 3.68. The van der Waals surface area contributed by atoms with Crippen LogP contribution in [0, 0.1) is 0 Å². The summed E-state index contributed by atoms with van der Waals surface area (Å²) in [5.74, 6) is -1.02. The predicted molar refractivity (Wildman–Crippen MR) is 89.3 cm³/mol. The summed E-state index contributed by atoms with van der Waals surface area (Å²) in [6.45, 7) is 4.29. The first-order chi connectivity index (χ1) is 9.85. The van der Waals surface area contributed by atoms with Gasteiger partial charge in [0.05, 0.1) is 6.54 Å². The number of carbonyl (C=O) groups is 2. The standard InChI is InChI=1S/C16H24N2O3.ClH/c1-5-13-6-8-14(9-7-13)10-18(4)15(19)11-17(3)12(2)16(20)21;/h6-9,12H,5,10-11H2,1-4H3,(H,20,21);1H. The zero-order valence-corrected chi connectivity index (χ0v) is 14.4. The van der Waals surface area contributed by atoms with E-state index in [4.69, 9.17) is 5.11 Å². The molecule has 0 fully saturated rings. The van der Waals surface area contributed by atoms with E-state index in [0.29, 0.717) is 6.54 Å². The quantitative estimate of drug-likeness (QED) is 0.832. The molecule has 0 aliphatic heterocycles. The minimum atomic E-state index is -0.928. The van der Waals surface area contributed by atoms with Gasteiger partial charge in [-0.15, -0.1) is 12.4 Å². The Bertz CT molecular complexity index is 491. The van der Waals surface area contributed by atoms with Gasteiger partial charge < -0.3 is 10.0 Å². The van der Waals surface area contributed by atoms with E-state index >= 15 is 0 Å². The number of rotatable bonds is 7. The highest BCUT2D eigenvalue weighted by Gasteiger charge is 2.20. The molecule has 0 bridgehead atoms. The highest BCUT2D eigenvalue weighted by atomic mass is 35.5. The van der Waals surface area contributed by atoms with Crippen LogP contribution >= 0.6 is 12.4 Å². The molecule has 1 aromatic carbocycles. The fourth-order valence-corrected chi connectivity index (χ4v) is 1.90. The number of carbonyl (C=O) groups excluding carboxylic acids is 1. The Balaban J connectivity index is 0.00000441. The molecule has 1 aromatic rings. The fourth-order valence-electron chi connectivity index (χ4n) is 1.90. The summed E-state index contributed by atoms with van der Waals surface area (Å²) in [7, 11) is 3.37. The highest BCUT2D eigenvalue weighted by molar-refractivity contribution is 5.85. The lowest BCUT2D eigenvalue weighted by molar-refractivity contribution is -0.143. The number of carboxylic acids is 1. The number of hydrogen-bond donors (Lipinski definition) is 1. The predicted octanol–water partition coefficient (Wildman–Crippen LogP) is 2.03. The number of carboxylic acid groups (broad SMARTS) is 1. The smallest absolute Gasteiger partial charge is 0.320 e. The second-order valence-electron chi connectivity index (χ2n) is 5.35. The average molecular weight is 329 g/mol. The van der Waals surface area contributed by atoms with Crippen molar-refractivity contribution < 1.29 is 14.7 Å². The molecule has 0 spiro atoms. The molecule has 0 aliphatic carbocycles. The van der Waals surface area contributed by atoms with Gasteiger partial charge in [0.25, 0.3) is 0 Å². The second-order valence-corrected chi connectivity index (χ2v) is 5.35. The fraction of sp³-hybridized carbons (Fsp3) is 0.500. The molecule has 0 aliphatic rings. The molecule has 1 amide bonds. The van der Waals surface area contributed by atoms with Gasteiger partial charge >= 0.3 is 5.97 Å². The number of benzene rings is 1. The number of halogens is 1. The molecule has 1 unspecified atom stereocenters. The molecule has 0 radical (unpaired) electrons. The molecular formula is C16H25ClN2O3. The molecule has 0 saturated heterocycles. The Labute approximate surface area is 138 Å². The first-order valence-corrected chi connectivity index (χ1v) is 7.10. The summed E-state index contributed by atoms with van der Waals surface area (Å²) in [5.41, 5.74) is 2.33. The van der Waals surface area contributed by atoms with Crippen molar-refractivity contribution in [3.63, 3.8) is 0 Å². The lowest BCUT2D eigenvalue weighted by atomic mass is 10.1. The highest BCUT2D eigenvalue weighted by Crippen LogP contribution is 2.08. The minimum absolute atomic E-state index is 0. The molecule has 1 atom stereocenters. The Morgan fingerprint density at radius 3 is 2.09 bits per heavy atom. The summed E-state index contributed by atoms with van der Waals surface area (Å²) < 4.78 is 0. The summed E-state index contributed by atoms with van der Waals surface area (Å²) in [6.07, 6.45) is 0.993. The Morgan fingerprint density at radius 1 is 1.14 bits per heavy atom. The normalized spacial score (nSPS) is 11.7. The largest absolute Gasteiger partial charge is 0.480 e. The number of amides is 1. The van der Waals surface area contributed by atoms with E-state index in [2.05, 4.69) is 19.1 Å². The van der Waals surface area contributed by atoms with Crippen molar-refractivity contribution in [2.75, 3.05) is 20.6 Å². The SMILES string of the molecule is CCc1ccc(CN(C)C(=O)CN(C)C(C)C(=O)O)cc1.Cl. The van der Waals surface area contributed by atoms with Crippen LogP contribution in [0.15, 0.2) is 24.3 Å². The van der Waals surface area contributed by atoms with Gasteiger partial charge in [-0.1, -0.05) is 31.2 Å². The zero-order valence-electron chi connectivity index (χ0n) is 13.6. The van der Waals surface area contributed by atoms with Gasteiger partial charge in [-0.05, 0) is 31.5 Å². The van der Waals surface area contributed by atoms with E-state index in [0.717, 1.165) is 12.0 Å². The average Bonchev–Trinajstić information content (AvgIpc) is 2.46. The Morgan fingerprint density at radius 2 is 1.64 bits per heavy atom. The summed E-state index contributed by atoms with van der Waals surface area (Å²) >= 11 is 0. The van der Waals surface area contributed by atoms with Crippen molar-refractivity contribution in [2.24, 2.45) is 0 Å². The maximum Gasteiger partial charge on any atom is 0.320 e. The van der Waals surface area contributed by atoms with Crippen LogP contribution in [-0.2, 0) is 22.6 Å². The van der Waals surface area contributed by atoms with Crippen LogP contribution in [0.5, 0.6) is 0 Å². The monoisotopic (exact) mass is 328 g/mol. The molecular weight excluding hydrogens is 304 g/mol. The van der Waals surface area contributed by atoms with Crippen molar-refractivity contribution >= 4 is 24.3 Å². The molecule has 124 valence electrons. The maximum atomic E-state index is 12.1. The Kier molecular flexibility index (Phi) is 8.75. The minimum Gasteiger partial charge on any atom is -0.480 e. The first kappa shape index (κ1) is 20.4. The van der Waals surface area contributed by atoms with E-state index in [1.54, 1.807) is 25.9 Å². The van der Waals surface area contributed by atoms with Crippen molar-refractivity contribution in [3.05, 3.63) is 35.4 Å². The van der Waals surface area contributed by atoms with E-state index in [1.165, 1.54) is 10.5 Å². The zero-order chi connectivity index (χ0) is 16.0. The van der Waals surface area contributed by atoms with E-state index < -0.39 is 12.0 Å². The summed E-state index contributed by atoms with van der Waals surface area (Å²) in [4.78, 5) is 26.1. The van der Waals surface area contributed by atoms with Crippen LogP contribution in [0.2, 0.25) is 0 Å². The number of nitrogens with zero attached hydrogens (tertiary/aromatic N) is 2. The lowest BCUT2D eigenvalue weighted by Crippen LogP contribution is -2.43. The second kappa shape index (κ2) is 9.43. The number of aliphatic carboxylic acids is 1. The molecule has 22 heavy (non-hydrogen) atoms. The Hall–Kier alpha value is -1.59. The van der Waals surface area contributed by atoms with Crippen molar-refractivity contribution in [1.29, 1.82) is 0 Å². The maximum absolute atomic E-state index is 12.1. The van der Waals surface area contributed by atoms with Gasteiger partial charge in [-0.2, -0.15) is 0 Å². The van der Waals surface area contributed by atoms with Crippen LogP contribution in [-0.4, -0.2) is 53.5 Å². The molecule has 0 aromatic heterocycles. The molecule has 0 saturated carbocycles. The molecule has 1 N–H and O–H groups in total. The van der Waals surface area contributed by atoms with Gasteiger partial charge in [0.1, 0.15) is 6.04 Å². The molecule has 5 nitrogen and oxygen atoms in total. The van der Waals surface area contributed by atoms with E-state index in [9.17, 15) is 9.59 Å². The van der Waals surface area contributed by atoms with Crippen LogP contribution in [0.25, 0.3) is 0 Å². The van der Waals surface area contributed by atoms with E-state index in [-0.39, 0.29) is 24.9 Å². The van der Waals surface area contributed by atoms with Gasteiger partial charge in [0.2, 0.25) is 5.91 Å². The van der Waals surface area contributed by atoms with Gasteiger partial charge in [0, 0.05) is 13.6 Å². The third kappa shape index (κ3) is 6.03. The molecule has 0 heterocycles. The third-order valence-corrected chi connectivity index (χ3v) is 3.68. The van der Waals surface area contributed by atoms with Crippen molar-refractivity contribution in [2.45, 2.75) is 32.9 Å². The van der Waals surface area contributed by atoms with E-state index in [1.807, 2.05) is 12.1 Å². The van der Waals surface area contributed by atoms with Crippen LogP contribution in [0.1, 0.15) is 25.0 Å². The van der Waals surface area contributed by atoms with Crippen molar-refractivity contribution in [3.8, 4) is 0 Å². The first-order valence-electron chi connectivity index (χ1n) is 7.10. The molecule has 1 rings (SSSR count). The lowest BCUT2D eigenvalue weighted by Gasteiger charge is -2.24. The van der Waals surface area contributed by atoms with Crippen molar-refractivity contribution in [1.82, 2.24) is 9.80 Å². The summed E-state index contributed by atoms with van der Waals surface area (Å²) in [5, 5.41) is 8.92.